The lowest BCUT2D eigenvalue weighted by atomic mass is 10.2. The molecule has 0 aromatic heterocycles. The van der Waals surface area contributed by atoms with Crippen molar-refractivity contribution in [3.05, 3.63) is 30.3 Å². The number of carbonyl (C=O) groups is 1. The third-order valence-electron chi connectivity index (χ3n) is 2.76. The highest BCUT2D eigenvalue weighted by Gasteiger charge is 2.21. The van der Waals surface area contributed by atoms with Crippen LogP contribution in [0, 0.1) is 0 Å². The molecule has 0 saturated carbocycles. The number of hydrogen-bond acceptors (Lipinski definition) is 4. The SMILES string of the molecule is COC(C)C(=O)N(CC/C(N)=N/O)c1ccccc1. The molecule has 0 bridgehead atoms. The van der Waals surface area contributed by atoms with Crippen molar-refractivity contribution in [2.24, 2.45) is 10.9 Å². The summed E-state index contributed by atoms with van der Waals surface area (Å²) in [4.78, 5) is 13.8. The minimum absolute atomic E-state index is 0.0822. The summed E-state index contributed by atoms with van der Waals surface area (Å²) in [6.07, 6.45) is -0.263. The van der Waals surface area contributed by atoms with Crippen LogP contribution in [0.1, 0.15) is 13.3 Å². The number of rotatable bonds is 6. The smallest absolute Gasteiger partial charge is 0.255 e. The van der Waals surface area contributed by atoms with Crippen LogP contribution in [0.5, 0.6) is 0 Å². The number of amides is 1. The maximum Gasteiger partial charge on any atom is 0.255 e. The van der Waals surface area contributed by atoms with E-state index in [1.807, 2.05) is 30.3 Å². The molecule has 6 heteroatoms. The maximum atomic E-state index is 12.2. The van der Waals surface area contributed by atoms with E-state index in [9.17, 15) is 4.79 Å². The normalized spacial score (nSPS) is 13.1. The lowest BCUT2D eigenvalue weighted by molar-refractivity contribution is -0.127. The van der Waals surface area contributed by atoms with Crippen molar-refractivity contribution in [2.75, 3.05) is 18.6 Å². The summed E-state index contributed by atoms with van der Waals surface area (Å²) in [7, 11) is 1.48. The molecule has 1 aromatic rings. The molecule has 0 aliphatic heterocycles. The van der Waals surface area contributed by atoms with Gasteiger partial charge in [-0.15, -0.1) is 0 Å². The van der Waals surface area contributed by atoms with Crippen molar-refractivity contribution in [1.82, 2.24) is 0 Å². The Kier molecular flexibility index (Phi) is 5.81. The third kappa shape index (κ3) is 4.26. The highest BCUT2D eigenvalue weighted by Crippen LogP contribution is 2.15. The zero-order chi connectivity index (χ0) is 14.3. The first-order chi connectivity index (χ1) is 9.10. The van der Waals surface area contributed by atoms with Gasteiger partial charge in [0.1, 0.15) is 11.9 Å². The lowest BCUT2D eigenvalue weighted by Crippen LogP contribution is -2.40. The standard InChI is InChI=1S/C13H19N3O3/c1-10(19-2)13(17)16(9-8-12(14)15-18)11-6-4-3-5-7-11/h3-7,10,18H,8-9H2,1-2H3,(H2,14,15). The van der Waals surface area contributed by atoms with E-state index in [0.29, 0.717) is 6.54 Å². The predicted octanol–water partition coefficient (Wildman–Crippen LogP) is 1.19. The number of ether oxygens (including phenoxy) is 1. The van der Waals surface area contributed by atoms with Crippen LogP contribution in [0.4, 0.5) is 5.69 Å². The highest BCUT2D eigenvalue weighted by atomic mass is 16.5. The van der Waals surface area contributed by atoms with E-state index >= 15 is 0 Å². The molecule has 0 saturated heterocycles. The third-order valence-corrected chi connectivity index (χ3v) is 2.76. The fourth-order valence-electron chi connectivity index (χ4n) is 1.57. The van der Waals surface area contributed by atoms with Crippen molar-refractivity contribution in [1.29, 1.82) is 0 Å². The zero-order valence-corrected chi connectivity index (χ0v) is 11.1. The maximum absolute atomic E-state index is 12.2. The molecule has 0 aliphatic rings. The molecule has 0 fully saturated rings. The average molecular weight is 265 g/mol. The zero-order valence-electron chi connectivity index (χ0n) is 11.1. The van der Waals surface area contributed by atoms with E-state index in [-0.39, 0.29) is 18.2 Å². The molecule has 1 rings (SSSR count). The number of hydrogen-bond donors (Lipinski definition) is 2. The van der Waals surface area contributed by atoms with Gasteiger partial charge in [0.25, 0.3) is 5.91 Å². The van der Waals surface area contributed by atoms with Crippen LogP contribution < -0.4 is 10.6 Å². The van der Waals surface area contributed by atoms with Gasteiger partial charge in [0.05, 0.1) is 0 Å². The Balaban J connectivity index is 2.88. The minimum Gasteiger partial charge on any atom is -0.409 e. The van der Waals surface area contributed by atoms with Gasteiger partial charge in [-0.25, -0.2) is 0 Å². The fraction of sp³-hybridized carbons (Fsp3) is 0.385. The number of nitrogens with zero attached hydrogens (tertiary/aromatic N) is 2. The molecule has 0 radical (unpaired) electrons. The molecule has 1 atom stereocenters. The molecular weight excluding hydrogens is 246 g/mol. The monoisotopic (exact) mass is 265 g/mol. The van der Waals surface area contributed by atoms with Crippen LogP contribution in [0.3, 0.4) is 0 Å². The summed E-state index contributed by atoms with van der Waals surface area (Å²) in [6.45, 7) is 2.01. The molecule has 0 aliphatic carbocycles. The molecule has 6 nitrogen and oxygen atoms in total. The number of nitrogens with two attached hydrogens (primary N) is 1. The second-order valence-corrected chi connectivity index (χ2v) is 4.04. The van der Waals surface area contributed by atoms with Crippen LogP contribution in [0.25, 0.3) is 0 Å². The Hall–Kier alpha value is -2.08. The Bertz CT molecular complexity index is 434. The number of carbonyl (C=O) groups excluding carboxylic acids is 1. The first-order valence-corrected chi connectivity index (χ1v) is 5.95. The predicted molar refractivity (Wildman–Crippen MR) is 73.3 cm³/mol. The lowest BCUT2D eigenvalue weighted by Gasteiger charge is -2.25. The van der Waals surface area contributed by atoms with Gasteiger partial charge < -0.3 is 20.6 Å². The van der Waals surface area contributed by atoms with Gasteiger partial charge in [-0.3, -0.25) is 4.79 Å². The number of anilines is 1. The van der Waals surface area contributed by atoms with Crippen molar-refractivity contribution in [2.45, 2.75) is 19.4 Å². The summed E-state index contributed by atoms with van der Waals surface area (Å²) in [5.41, 5.74) is 6.19. The van der Waals surface area contributed by atoms with Gasteiger partial charge in [-0.2, -0.15) is 0 Å². The van der Waals surface area contributed by atoms with E-state index in [0.717, 1.165) is 5.69 Å². The molecule has 0 spiro atoms. The Morgan fingerprint density at radius 2 is 2.11 bits per heavy atom. The van der Waals surface area contributed by atoms with Gasteiger partial charge in [0, 0.05) is 25.8 Å². The van der Waals surface area contributed by atoms with E-state index in [1.54, 1.807) is 11.8 Å². The molecule has 1 unspecified atom stereocenters. The number of para-hydroxylation sites is 1. The molecule has 19 heavy (non-hydrogen) atoms. The number of methoxy groups -OCH3 is 1. The summed E-state index contributed by atoms with van der Waals surface area (Å²) < 4.78 is 5.05. The van der Waals surface area contributed by atoms with Crippen molar-refractivity contribution >= 4 is 17.4 Å². The Morgan fingerprint density at radius 3 is 2.63 bits per heavy atom. The fourth-order valence-corrected chi connectivity index (χ4v) is 1.57. The van der Waals surface area contributed by atoms with E-state index in [1.165, 1.54) is 7.11 Å². The summed E-state index contributed by atoms with van der Waals surface area (Å²) >= 11 is 0. The summed E-state index contributed by atoms with van der Waals surface area (Å²) in [6, 6.07) is 9.21. The first-order valence-electron chi connectivity index (χ1n) is 5.95. The number of amidine groups is 1. The van der Waals surface area contributed by atoms with Crippen LogP contribution in [-0.2, 0) is 9.53 Å². The van der Waals surface area contributed by atoms with Crippen LogP contribution in [0.15, 0.2) is 35.5 Å². The second kappa shape index (κ2) is 7.38. The largest absolute Gasteiger partial charge is 0.409 e. The molecule has 0 heterocycles. The van der Waals surface area contributed by atoms with Crippen molar-refractivity contribution in [3.63, 3.8) is 0 Å². The minimum atomic E-state index is -0.549. The average Bonchev–Trinajstić information content (AvgIpc) is 2.47. The molecule has 1 amide bonds. The van der Waals surface area contributed by atoms with Crippen molar-refractivity contribution in [3.8, 4) is 0 Å². The van der Waals surface area contributed by atoms with Gasteiger partial charge in [-0.1, -0.05) is 23.4 Å². The molecular formula is C13H19N3O3. The van der Waals surface area contributed by atoms with E-state index < -0.39 is 6.10 Å². The van der Waals surface area contributed by atoms with Gasteiger partial charge >= 0.3 is 0 Å². The van der Waals surface area contributed by atoms with Crippen LogP contribution in [0.2, 0.25) is 0 Å². The topological polar surface area (TPSA) is 88.2 Å². The second-order valence-electron chi connectivity index (χ2n) is 4.04. The van der Waals surface area contributed by atoms with Crippen LogP contribution >= 0.6 is 0 Å². The molecule has 1 aromatic carbocycles. The van der Waals surface area contributed by atoms with Gasteiger partial charge in [-0.05, 0) is 19.1 Å². The summed E-state index contributed by atoms with van der Waals surface area (Å²) in [5, 5.41) is 11.5. The molecule has 3 N–H and O–H groups in total. The quantitative estimate of drug-likeness (QED) is 0.350. The number of benzene rings is 1. The van der Waals surface area contributed by atoms with E-state index in [4.69, 9.17) is 15.7 Å². The van der Waals surface area contributed by atoms with E-state index in [2.05, 4.69) is 5.16 Å². The summed E-state index contributed by atoms with van der Waals surface area (Å²) in [5.74, 6) is -0.0850. The van der Waals surface area contributed by atoms with Crippen molar-refractivity contribution < 1.29 is 14.7 Å². The first kappa shape index (κ1) is 15.0. The molecule has 104 valence electrons. The Morgan fingerprint density at radius 1 is 1.47 bits per heavy atom. The highest BCUT2D eigenvalue weighted by molar-refractivity contribution is 5.97. The van der Waals surface area contributed by atoms with Gasteiger partial charge in [0.15, 0.2) is 0 Å². The van der Waals surface area contributed by atoms with Gasteiger partial charge in [0.2, 0.25) is 0 Å². The Labute approximate surface area is 112 Å². The number of oxime groups is 1. The van der Waals surface area contributed by atoms with Crippen LogP contribution in [-0.4, -0.2) is 36.7 Å².